The first-order valence-electron chi connectivity index (χ1n) is 4.57. The molecule has 0 aromatic rings. The van der Waals surface area contributed by atoms with Crippen molar-refractivity contribution in [2.75, 3.05) is 27.2 Å². The minimum atomic E-state index is -0.0952. The molecule has 0 amide bonds. The Hall–Kier alpha value is 0.137. The molecule has 0 heterocycles. The summed E-state index contributed by atoms with van der Waals surface area (Å²) in [5.41, 5.74) is 0. The summed E-state index contributed by atoms with van der Waals surface area (Å²) >= 11 is 0. The Kier molecular flexibility index (Phi) is 6.91. The molecule has 0 bridgehead atoms. The molecule has 2 nitrogen and oxygen atoms in total. The topological polar surface area (TPSA) is 6.48 Å². The van der Waals surface area contributed by atoms with Gasteiger partial charge in [0.15, 0.2) is 9.84 Å². The summed E-state index contributed by atoms with van der Waals surface area (Å²) in [6.07, 6.45) is 2.56. The van der Waals surface area contributed by atoms with Crippen LogP contribution >= 0.6 is 0 Å². The van der Waals surface area contributed by atoms with E-state index in [1.165, 1.54) is 25.9 Å². The van der Waals surface area contributed by atoms with Crippen molar-refractivity contribution in [2.24, 2.45) is 0 Å². The molecule has 0 radical (unpaired) electrons. The fraction of sp³-hybridized carbons (Fsp3) is 1.00. The second-order valence-corrected chi connectivity index (χ2v) is 5.74. The largest absolute Gasteiger partial charge is 0.319 e. The molecule has 0 aliphatic heterocycles. The van der Waals surface area contributed by atoms with Crippen LogP contribution in [0.1, 0.15) is 26.7 Å². The van der Waals surface area contributed by atoms with Crippen LogP contribution in [0.3, 0.4) is 0 Å². The fourth-order valence-corrected chi connectivity index (χ4v) is 3.06. The van der Waals surface area contributed by atoms with Gasteiger partial charge in [0.05, 0.1) is 0 Å². The minimum Gasteiger partial charge on any atom is -0.319 e. The summed E-state index contributed by atoms with van der Waals surface area (Å²) in [6.45, 7) is 7.01. The van der Waals surface area contributed by atoms with Gasteiger partial charge >= 0.3 is 0 Å². The molecule has 0 aliphatic carbocycles. The van der Waals surface area contributed by atoms with Gasteiger partial charge in [-0.15, -0.1) is 0 Å². The van der Waals surface area contributed by atoms with Crippen LogP contribution < -0.4 is 0 Å². The van der Waals surface area contributed by atoms with Crippen molar-refractivity contribution < 1.29 is 0 Å². The zero-order chi connectivity index (χ0) is 8.69. The SMILES string of the molecule is CCCN(C)[SiH2]N(C)CCC. The van der Waals surface area contributed by atoms with E-state index in [2.05, 4.69) is 37.1 Å². The maximum absolute atomic E-state index is 2.50. The van der Waals surface area contributed by atoms with Crippen LogP contribution in [-0.2, 0) is 0 Å². The van der Waals surface area contributed by atoms with Gasteiger partial charge in [0, 0.05) is 0 Å². The Bertz CT molecular complexity index is 78.2. The standard InChI is InChI=1S/C8H22N2Si/c1-5-7-9(3)11-10(4)8-6-2/h5-8,11H2,1-4H3. The van der Waals surface area contributed by atoms with Crippen molar-refractivity contribution >= 4 is 9.84 Å². The summed E-state index contributed by atoms with van der Waals surface area (Å²) in [4.78, 5) is 0. The third-order valence-corrected chi connectivity index (χ3v) is 3.29. The van der Waals surface area contributed by atoms with Crippen LogP contribution in [0.25, 0.3) is 0 Å². The molecule has 11 heavy (non-hydrogen) atoms. The number of nitrogens with zero attached hydrogens (tertiary/aromatic N) is 2. The second-order valence-electron chi connectivity index (χ2n) is 3.30. The van der Waals surface area contributed by atoms with E-state index < -0.39 is 0 Å². The predicted molar refractivity (Wildman–Crippen MR) is 54.4 cm³/mol. The summed E-state index contributed by atoms with van der Waals surface area (Å²) < 4.78 is 4.99. The van der Waals surface area contributed by atoms with Gasteiger partial charge in [0.1, 0.15) is 0 Å². The van der Waals surface area contributed by atoms with Crippen LogP contribution in [0.4, 0.5) is 0 Å². The number of hydrogen-bond acceptors (Lipinski definition) is 2. The van der Waals surface area contributed by atoms with E-state index in [9.17, 15) is 0 Å². The van der Waals surface area contributed by atoms with Crippen molar-refractivity contribution in [3.8, 4) is 0 Å². The van der Waals surface area contributed by atoms with Crippen LogP contribution in [0.2, 0.25) is 0 Å². The zero-order valence-electron chi connectivity index (χ0n) is 8.43. The lowest BCUT2D eigenvalue weighted by atomic mass is 10.5. The molecular formula is C8H22N2Si. The molecule has 0 N–H and O–H groups in total. The average Bonchev–Trinajstić information content (AvgIpc) is 1.87. The van der Waals surface area contributed by atoms with Crippen LogP contribution in [0.5, 0.6) is 0 Å². The number of rotatable bonds is 6. The van der Waals surface area contributed by atoms with Gasteiger partial charge in [-0.2, -0.15) is 0 Å². The maximum Gasteiger partial charge on any atom is 0.172 e. The smallest absolute Gasteiger partial charge is 0.172 e. The van der Waals surface area contributed by atoms with Crippen molar-refractivity contribution in [1.82, 2.24) is 9.13 Å². The van der Waals surface area contributed by atoms with Crippen molar-refractivity contribution in [3.63, 3.8) is 0 Å². The molecule has 0 atom stereocenters. The molecule has 0 saturated carbocycles. The highest BCUT2D eigenvalue weighted by molar-refractivity contribution is 6.28. The predicted octanol–water partition coefficient (Wildman–Crippen LogP) is 0.669. The van der Waals surface area contributed by atoms with Gasteiger partial charge in [-0.1, -0.05) is 13.8 Å². The average molecular weight is 174 g/mol. The summed E-state index contributed by atoms with van der Waals surface area (Å²) in [5, 5.41) is 0. The number of hydrogen-bond donors (Lipinski definition) is 0. The highest BCUT2D eigenvalue weighted by atomic mass is 28.2. The molecule has 68 valence electrons. The maximum atomic E-state index is 2.50. The molecule has 3 heteroatoms. The Morgan fingerprint density at radius 2 is 1.27 bits per heavy atom. The van der Waals surface area contributed by atoms with Gasteiger partial charge in [-0.05, 0) is 40.0 Å². The zero-order valence-corrected chi connectivity index (χ0v) is 9.84. The first-order chi connectivity index (χ1) is 5.20. The molecule has 0 spiro atoms. The van der Waals surface area contributed by atoms with Gasteiger partial charge in [-0.3, -0.25) is 0 Å². The monoisotopic (exact) mass is 174 g/mol. The van der Waals surface area contributed by atoms with Gasteiger partial charge < -0.3 is 9.13 Å². The Morgan fingerprint density at radius 3 is 1.55 bits per heavy atom. The fourth-order valence-electron chi connectivity index (χ4n) is 1.32. The second kappa shape index (κ2) is 6.82. The third kappa shape index (κ3) is 6.53. The molecule has 0 aromatic carbocycles. The summed E-state index contributed by atoms with van der Waals surface area (Å²) in [6, 6.07) is 0. The Morgan fingerprint density at radius 1 is 0.909 bits per heavy atom. The van der Waals surface area contributed by atoms with E-state index >= 15 is 0 Å². The Balaban J connectivity index is 3.32. The quantitative estimate of drug-likeness (QED) is 0.546. The minimum absolute atomic E-state index is 0.0952. The first-order valence-corrected chi connectivity index (χ1v) is 5.84. The molecule has 0 aliphatic rings. The van der Waals surface area contributed by atoms with Crippen LogP contribution in [0.15, 0.2) is 0 Å². The van der Waals surface area contributed by atoms with Crippen molar-refractivity contribution in [3.05, 3.63) is 0 Å². The van der Waals surface area contributed by atoms with Crippen molar-refractivity contribution in [2.45, 2.75) is 26.7 Å². The van der Waals surface area contributed by atoms with Crippen molar-refractivity contribution in [1.29, 1.82) is 0 Å². The lowest BCUT2D eigenvalue weighted by Gasteiger charge is -2.22. The molecule has 0 aromatic heterocycles. The highest BCUT2D eigenvalue weighted by Gasteiger charge is 2.01. The van der Waals surface area contributed by atoms with E-state index in [4.69, 9.17) is 0 Å². The molecule has 0 rings (SSSR count). The van der Waals surface area contributed by atoms with Gasteiger partial charge in [0.25, 0.3) is 0 Å². The molecule has 0 fully saturated rings. The summed E-state index contributed by atoms with van der Waals surface area (Å²) in [7, 11) is 4.38. The summed E-state index contributed by atoms with van der Waals surface area (Å²) in [5.74, 6) is 0. The van der Waals surface area contributed by atoms with Crippen LogP contribution in [0, 0.1) is 0 Å². The molecule has 0 unspecified atom stereocenters. The Labute approximate surface area is 73.5 Å². The van der Waals surface area contributed by atoms with Gasteiger partial charge in [-0.25, -0.2) is 0 Å². The molecule has 0 saturated heterocycles. The normalized spacial score (nSPS) is 11.5. The highest BCUT2D eigenvalue weighted by Crippen LogP contribution is 1.88. The van der Waals surface area contributed by atoms with E-state index in [-0.39, 0.29) is 9.84 Å². The lowest BCUT2D eigenvalue weighted by Crippen LogP contribution is -2.37. The van der Waals surface area contributed by atoms with E-state index in [1.807, 2.05) is 0 Å². The van der Waals surface area contributed by atoms with E-state index in [0.29, 0.717) is 0 Å². The van der Waals surface area contributed by atoms with Gasteiger partial charge in [0.2, 0.25) is 0 Å². The van der Waals surface area contributed by atoms with Crippen LogP contribution in [-0.4, -0.2) is 46.2 Å². The third-order valence-electron chi connectivity index (χ3n) is 1.69. The van der Waals surface area contributed by atoms with E-state index in [0.717, 1.165) is 0 Å². The van der Waals surface area contributed by atoms with E-state index in [1.54, 1.807) is 0 Å². The first kappa shape index (κ1) is 11.1. The molecular weight excluding hydrogens is 152 g/mol. The lowest BCUT2D eigenvalue weighted by molar-refractivity contribution is 0.438.